The van der Waals surface area contributed by atoms with Crippen LogP contribution in [0, 0.1) is 0 Å². The summed E-state index contributed by atoms with van der Waals surface area (Å²) in [5.41, 5.74) is 2.25. The van der Waals surface area contributed by atoms with Crippen LogP contribution in [-0.4, -0.2) is 53.2 Å². The molecule has 0 saturated heterocycles. The zero-order valence-corrected chi connectivity index (χ0v) is 19.3. The van der Waals surface area contributed by atoms with Gasteiger partial charge < -0.3 is 9.47 Å². The average molecular weight is 468 g/mol. The Balaban J connectivity index is 2.02. The van der Waals surface area contributed by atoms with E-state index in [2.05, 4.69) is 9.82 Å². The number of anilines is 1. The Bertz CT molecular complexity index is 1210. The van der Waals surface area contributed by atoms with Crippen LogP contribution in [0.4, 0.5) is 5.69 Å². The molecule has 0 unspecified atom stereocenters. The van der Waals surface area contributed by atoms with Crippen molar-refractivity contribution in [3.63, 3.8) is 0 Å². The van der Waals surface area contributed by atoms with Crippen LogP contribution in [0.5, 0.6) is 11.5 Å². The molecular weight excluding hydrogens is 442 g/mol. The lowest BCUT2D eigenvalue weighted by molar-refractivity contribution is 0.348. The Labute approximate surface area is 182 Å². The van der Waals surface area contributed by atoms with Crippen LogP contribution in [0.1, 0.15) is 30.5 Å². The fourth-order valence-electron chi connectivity index (χ4n) is 3.34. The van der Waals surface area contributed by atoms with E-state index in [1.807, 2.05) is 0 Å². The maximum atomic E-state index is 12.8. The Kier molecular flexibility index (Phi) is 6.46. The summed E-state index contributed by atoms with van der Waals surface area (Å²) >= 11 is 0. The summed E-state index contributed by atoms with van der Waals surface area (Å²) in [6.07, 6.45) is 1.38. The monoisotopic (exact) mass is 467 g/mol. The number of sulfonamides is 2. The minimum absolute atomic E-state index is 0.108. The number of nitrogens with one attached hydrogen (secondary N) is 1. The molecule has 2 aromatic rings. The van der Waals surface area contributed by atoms with Crippen molar-refractivity contribution in [2.45, 2.75) is 19.4 Å². The first-order valence-electron chi connectivity index (χ1n) is 9.47. The highest BCUT2D eigenvalue weighted by Crippen LogP contribution is 2.39. The second-order valence-corrected chi connectivity index (χ2v) is 10.9. The molecule has 0 fully saturated rings. The third-order valence-corrected chi connectivity index (χ3v) is 7.06. The highest BCUT2D eigenvalue weighted by Gasteiger charge is 2.36. The van der Waals surface area contributed by atoms with Crippen LogP contribution >= 0.6 is 0 Å². The van der Waals surface area contributed by atoms with E-state index in [4.69, 9.17) is 9.47 Å². The number of benzene rings is 2. The van der Waals surface area contributed by atoms with Crippen LogP contribution in [0.2, 0.25) is 0 Å². The Morgan fingerprint density at radius 1 is 1.06 bits per heavy atom. The van der Waals surface area contributed by atoms with Crippen molar-refractivity contribution in [3.05, 3.63) is 53.6 Å². The van der Waals surface area contributed by atoms with Gasteiger partial charge in [-0.1, -0.05) is 18.2 Å². The Morgan fingerprint density at radius 3 is 2.39 bits per heavy atom. The number of methoxy groups -OCH3 is 2. The summed E-state index contributed by atoms with van der Waals surface area (Å²) in [6.45, 7) is 1.56. The molecule has 31 heavy (non-hydrogen) atoms. The van der Waals surface area contributed by atoms with E-state index in [0.29, 0.717) is 40.4 Å². The van der Waals surface area contributed by atoms with Gasteiger partial charge >= 0.3 is 0 Å². The van der Waals surface area contributed by atoms with Crippen molar-refractivity contribution < 1.29 is 26.3 Å². The zero-order chi connectivity index (χ0) is 22.8. The molecule has 1 N–H and O–H groups in total. The molecule has 1 aliphatic heterocycles. The number of hydrogen-bond acceptors (Lipinski definition) is 7. The molecule has 0 radical (unpaired) electrons. The quantitative estimate of drug-likeness (QED) is 0.638. The van der Waals surface area contributed by atoms with Crippen molar-refractivity contribution >= 4 is 31.4 Å². The standard InChI is InChI=1S/C20H25N3O6S2/c1-5-31(26,27)23-18(15-9-10-19(28-2)20(12-15)29-3)13-17(21-23)14-7-6-8-16(11-14)22-30(4,24)25/h6-12,18,22H,5,13H2,1-4H3/t18-/m1/s1. The maximum absolute atomic E-state index is 12.8. The lowest BCUT2D eigenvalue weighted by Crippen LogP contribution is -2.28. The summed E-state index contributed by atoms with van der Waals surface area (Å²) < 4.78 is 62.8. The third kappa shape index (κ3) is 5.10. The molecule has 2 aromatic carbocycles. The SMILES string of the molecule is CCS(=O)(=O)N1N=C(c2cccc(NS(C)(=O)=O)c2)C[C@@H]1c1ccc(OC)c(OC)c1. The molecule has 0 aromatic heterocycles. The molecule has 0 spiro atoms. The van der Waals surface area contributed by atoms with Gasteiger partial charge in [-0.15, -0.1) is 0 Å². The van der Waals surface area contributed by atoms with Crippen LogP contribution in [0.15, 0.2) is 47.6 Å². The second-order valence-electron chi connectivity index (χ2n) is 7.01. The Morgan fingerprint density at radius 2 is 1.77 bits per heavy atom. The number of nitrogens with zero attached hydrogens (tertiary/aromatic N) is 2. The molecule has 0 saturated carbocycles. The van der Waals surface area contributed by atoms with E-state index >= 15 is 0 Å². The van der Waals surface area contributed by atoms with Crippen molar-refractivity contribution in [1.29, 1.82) is 0 Å². The number of hydrogen-bond donors (Lipinski definition) is 1. The van der Waals surface area contributed by atoms with Crippen molar-refractivity contribution in [1.82, 2.24) is 4.41 Å². The van der Waals surface area contributed by atoms with Gasteiger partial charge in [0.1, 0.15) is 0 Å². The van der Waals surface area contributed by atoms with E-state index in [-0.39, 0.29) is 5.75 Å². The van der Waals surface area contributed by atoms with Gasteiger partial charge in [0, 0.05) is 12.1 Å². The van der Waals surface area contributed by atoms with Crippen molar-refractivity contribution in [2.75, 3.05) is 31.0 Å². The van der Waals surface area contributed by atoms with Crippen LogP contribution in [0.3, 0.4) is 0 Å². The van der Waals surface area contributed by atoms with E-state index in [1.165, 1.54) is 14.2 Å². The summed E-state index contributed by atoms with van der Waals surface area (Å²) in [7, 11) is -4.05. The van der Waals surface area contributed by atoms with Crippen molar-refractivity contribution in [3.8, 4) is 11.5 Å². The smallest absolute Gasteiger partial charge is 0.250 e. The third-order valence-electron chi connectivity index (χ3n) is 4.81. The second kappa shape index (κ2) is 8.75. The normalized spacial score (nSPS) is 16.7. The summed E-state index contributed by atoms with van der Waals surface area (Å²) in [4.78, 5) is 0. The van der Waals surface area contributed by atoms with Gasteiger partial charge in [0.15, 0.2) is 11.5 Å². The molecule has 1 atom stereocenters. The van der Waals surface area contributed by atoms with E-state index < -0.39 is 26.1 Å². The molecule has 9 nitrogen and oxygen atoms in total. The van der Waals surface area contributed by atoms with Crippen LogP contribution in [-0.2, 0) is 20.0 Å². The minimum Gasteiger partial charge on any atom is -0.493 e. The molecular formula is C20H25N3O6S2. The summed E-state index contributed by atoms with van der Waals surface area (Å²) in [6, 6.07) is 11.4. The molecule has 0 bridgehead atoms. The summed E-state index contributed by atoms with van der Waals surface area (Å²) in [5, 5.41) is 4.41. The van der Waals surface area contributed by atoms with Crippen LogP contribution in [0.25, 0.3) is 0 Å². The predicted molar refractivity (Wildman–Crippen MR) is 120 cm³/mol. The fourth-order valence-corrected chi connectivity index (χ4v) is 4.96. The molecule has 1 heterocycles. The van der Waals surface area contributed by atoms with Gasteiger partial charge in [-0.25, -0.2) is 16.8 Å². The van der Waals surface area contributed by atoms with Gasteiger partial charge in [-0.05, 0) is 42.3 Å². The molecule has 168 valence electrons. The highest BCUT2D eigenvalue weighted by atomic mass is 32.2. The predicted octanol–water partition coefficient (Wildman–Crippen LogP) is 2.58. The first-order chi connectivity index (χ1) is 14.6. The van der Waals surface area contributed by atoms with Gasteiger partial charge in [0.2, 0.25) is 20.0 Å². The van der Waals surface area contributed by atoms with E-state index in [1.54, 1.807) is 49.4 Å². The topological polar surface area (TPSA) is 114 Å². The van der Waals surface area contributed by atoms with Gasteiger partial charge in [0.05, 0.1) is 38.0 Å². The zero-order valence-electron chi connectivity index (χ0n) is 17.7. The first kappa shape index (κ1) is 22.9. The lowest BCUT2D eigenvalue weighted by Gasteiger charge is -2.23. The van der Waals surface area contributed by atoms with Crippen LogP contribution < -0.4 is 14.2 Å². The molecule has 1 aliphatic rings. The number of rotatable bonds is 8. The maximum Gasteiger partial charge on any atom is 0.250 e. The highest BCUT2D eigenvalue weighted by molar-refractivity contribution is 7.92. The summed E-state index contributed by atoms with van der Waals surface area (Å²) in [5.74, 6) is 0.917. The lowest BCUT2D eigenvalue weighted by atomic mass is 9.98. The average Bonchev–Trinajstić information content (AvgIpc) is 3.18. The van der Waals surface area contributed by atoms with Gasteiger partial charge in [0.25, 0.3) is 0 Å². The molecule has 0 amide bonds. The first-order valence-corrected chi connectivity index (χ1v) is 13.0. The van der Waals surface area contributed by atoms with E-state index in [9.17, 15) is 16.8 Å². The van der Waals surface area contributed by atoms with E-state index in [0.717, 1.165) is 10.7 Å². The number of hydrazone groups is 1. The number of ether oxygens (including phenoxy) is 2. The molecule has 11 heteroatoms. The van der Waals surface area contributed by atoms with Gasteiger partial charge in [-0.3, -0.25) is 4.72 Å². The molecule has 3 rings (SSSR count). The fraction of sp³-hybridized carbons (Fsp3) is 0.350. The van der Waals surface area contributed by atoms with Gasteiger partial charge in [-0.2, -0.15) is 9.52 Å². The minimum atomic E-state index is -3.65. The largest absolute Gasteiger partial charge is 0.493 e. The van der Waals surface area contributed by atoms with Crippen molar-refractivity contribution in [2.24, 2.45) is 5.10 Å². The Hall–Kier alpha value is -2.79. The molecule has 0 aliphatic carbocycles.